The number of rotatable bonds is 4. The molecule has 2 aliphatic heterocycles. The van der Waals surface area contributed by atoms with Crippen molar-refractivity contribution in [3.8, 4) is 0 Å². The summed E-state index contributed by atoms with van der Waals surface area (Å²) in [6.07, 6.45) is 2.71. The van der Waals surface area contributed by atoms with Crippen molar-refractivity contribution in [3.63, 3.8) is 0 Å². The Morgan fingerprint density at radius 1 is 1.50 bits per heavy atom. The second kappa shape index (κ2) is 6.54. The quantitative estimate of drug-likeness (QED) is 0.755. The van der Waals surface area contributed by atoms with Crippen LogP contribution in [0.1, 0.15) is 33.1 Å². The van der Waals surface area contributed by atoms with E-state index in [0.717, 1.165) is 25.8 Å². The molecule has 0 aromatic rings. The predicted molar refractivity (Wildman–Crippen MR) is 75.3 cm³/mol. The summed E-state index contributed by atoms with van der Waals surface area (Å²) in [5, 5.41) is 6.13. The minimum Gasteiger partial charge on any atom is -0.377 e. The van der Waals surface area contributed by atoms with Gasteiger partial charge in [0.25, 0.3) is 0 Å². The lowest BCUT2D eigenvalue weighted by atomic mass is 9.97. The van der Waals surface area contributed by atoms with E-state index in [1.807, 2.05) is 13.8 Å². The van der Waals surface area contributed by atoms with E-state index in [1.165, 1.54) is 0 Å². The first-order chi connectivity index (χ1) is 9.58. The molecular weight excluding hydrogens is 258 g/mol. The molecule has 0 radical (unpaired) electrons. The first-order valence-corrected chi connectivity index (χ1v) is 7.50. The van der Waals surface area contributed by atoms with Crippen molar-refractivity contribution in [1.29, 1.82) is 0 Å². The van der Waals surface area contributed by atoms with E-state index in [9.17, 15) is 9.59 Å². The molecule has 0 aliphatic carbocycles. The van der Waals surface area contributed by atoms with Crippen LogP contribution >= 0.6 is 0 Å². The number of nitrogens with zero attached hydrogens (tertiary/aromatic N) is 1. The molecule has 2 aliphatic rings. The Kier molecular flexibility index (Phi) is 4.99. The van der Waals surface area contributed by atoms with E-state index in [4.69, 9.17) is 4.74 Å². The predicted octanol–water partition coefficient (Wildman–Crippen LogP) is -0.118. The number of ether oxygens (including phenoxy) is 1. The van der Waals surface area contributed by atoms with E-state index >= 15 is 0 Å². The summed E-state index contributed by atoms with van der Waals surface area (Å²) in [7, 11) is 0. The summed E-state index contributed by atoms with van der Waals surface area (Å²) in [4.78, 5) is 26.6. The van der Waals surface area contributed by atoms with Crippen LogP contribution in [0.3, 0.4) is 0 Å². The molecule has 2 unspecified atom stereocenters. The standard InChI is InChI=1S/C14H25N3O3/c1-3-6-15-12(18)11-10-20-9-8-17(11)13(19)14(2)5-4-7-16-14/h11,16H,3-10H2,1-2H3,(H,15,18). The molecule has 6 nitrogen and oxygen atoms in total. The van der Waals surface area contributed by atoms with Gasteiger partial charge in [-0.05, 0) is 32.7 Å². The average molecular weight is 283 g/mol. The molecule has 2 rings (SSSR count). The topological polar surface area (TPSA) is 70.7 Å². The lowest BCUT2D eigenvalue weighted by Crippen LogP contribution is -2.62. The van der Waals surface area contributed by atoms with Crippen LogP contribution in [0.15, 0.2) is 0 Å². The van der Waals surface area contributed by atoms with Gasteiger partial charge in [0.15, 0.2) is 0 Å². The number of amides is 2. The summed E-state index contributed by atoms with van der Waals surface area (Å²) in [5.74, 6) is -0.0866. The zero-order valence-electron chi connectivity index (χ0n) is 12.4. The van der Waals surface area contributed by atoms with Gasteiger partial charge in [-0.3, -0.25) is 9.59 Å². The van der Waals surface area contributed by atoms with E-state index in [-0.39, 0.29) is 18.4 Å². The van der Waals surface area contributed by atoms with E-state index in [1.54, 1.807) is 4.90 Å². The number of nitrogens with one attached hydrogen (secondary N) is 2. The maximum Gasteiger partial charge on any atom is 0.245 e. The third-order valence-corrected chi connectivity index (χ3v) is 4.08. The highest BCUT2D eigenvalue weighted by molar-refractivity contribution is 5.92. The first kappa shape index (κ1) is 15.3. The highest BCUT2D eigenvalue weighted by Gasteiger charge is 2.43. The van der Waals surface area contributed by atoms with E-state index in [2.05, 4.69) is 10.6 Å². The molecule has 0 saturated carbocycles. The van der Waals surface area contributed by atoms with Crippen LogP contribution in [0.2, 0.25) is 0 Å². The highest BCUT2D eigenvalue weighted by atomic mass is 16.5. The molecule has 6 heteroatoms. The summed E-state index contributed by atoms with van der Waals surface area (Å²) in [6, 6.07) is -0.498. The van der Waals surface area contributed by atoms with Gasteiger partial charge >= 0.3 is 0 Å². The number of carbonyl (C=O) groups excluding carboxylic acids is 2. The van der Waals surface area contributed by atoms with Crippen LogP contribution in [0.4, 0.5) is 0 Å². The van der Waals surface area contributed by atoms with Gasteiger partial charge in [0.1, 0.15) is 6.04 Å². The zero-order valence-corrected chi connectivity index (χ0v) is 12.4. The van der Waals surface area contributed by atoms with Crippen molar-refractivity contribution >= 4 is 11.8 Å². The normalized spacial score (nSPS) is 30.3. The SMILES string of the molecule is CCCNC(=O)C1COCCN1C(=O)C1(C)CCCN1. The fraction of sp³-hybridized carbons (Fsp3) is 0.857. The Morgan fingerprint density at radius 3 is 2.95 bits per heavy atom. The summed E-state index contributed by atoms with van der Waals surface area (Å²) in [6.45, 7) is 6.70. The molecule has 0 bridgehead atoms. The van der Waals surface area contributed by atoms with Crippen LogP contribution in [0.5, 0.6) is 0 Å². The highest BCUT2D eigenvalue weighted by Crippen LogP contribution is 2.23. The van der Waals surface area contributed by atoms with E-state index < -0.39 is 11.6 Å². The first-order valence-electron chi connectivity index (χ1n) is 7.50. The maximum absolute atomic E-state index is 12.7. The second-order valence-electron chi connectivity index (χ2n) is 5.74. The largest absolute Gasteiger partial charge is 0.377 e. The van der Waals surface area contributed by atoms with Crippen molar-refractivity contribution in [2.45, 2.75) is 44.7 Å². The maximum atomic E-state index is 12.7. The minimum absolute atomic E-state index is 0.0231. The number of hydrogen-bond donors (Lipinski definition) is 2. The Hall–Kier alpha value is -1.14. The molecule has 2 atom stereocenters. The van der Waals surface area contributed by atoms with Crippen molar-refractivity contribution < 1.29 is 14.3 Å². The average Bonchev–Trinajstić information content (AvgIpc) is 2.92. The molecule has 0 aromatic heterocycles. The minimum atomic E-state index is -0.527. The molecule has 20 heavy (non-hydrogen) atoms. The Morgan fingerprint density at radius 2 is 2.30 bits per heavy atom. The van der Waals surface area contributed by atoms with Crippen molar-refractivity contribution in [2.24, 2.45) is 0 Å². The Balaban J connectivity index is 2.06. The van der Waals surface area contributed by atoms with Crippen molar-refractivity contribution in [3.05, 3.63) is 0 Å². The van der Waals surface area contributed by atoms with Crippen molar-refractivity contribution in [2.75, 3.05) is 32.8 Å². The summed E-state index contributed by atoms with van der Waals surface area (Å²) < 4.78 is 5.38. The van der Waals surface area contributed by atoms with Gasteiger partial charge in [-0.15, -0.1) is 0 Å². The molecule has 2 N–H and O–H groups in total. The van der Waals surface area contributed by atoms with Crippen molar-refractivity contribution in [1.82, 2.24) is 15.5 Å². The Labute approximate surface area is 120 Å². The summed E-state index contributed by atoms with van der Waals surface area (Å²) >= 11 is 0. The zero-order chi connectivity index (χ0) is 14.6. The molecule has 2 fully saturated rings. The molecular formula is C14H25N3O3. The van der Waals surface area contributed by atoms with Gasteiger partial charge in [0.2, 0.25) is 11.8 Å². The van der Waals surface area contributed by atoms with Gasteiger partial charge in [-0.25, -0.2) is 0 Å². The molecule has 2 heterocycles. The van der Waals surface area contributed by atoms with Crippen LogP contribution in [0, 0.1) is 0 Å². The number of morpholine rings is 1. The Bertz CT molecular complexity index is 367. The molecule has 0 aromatic carbocycles. The molecule has 2 amide bonds. The van der Waals surface area contributed by atoms with Crippen LogP contribution in [-0.4, -0.2) is 61.1 Å². The third-order valence-electron chi connectivity index (χ3n) is 4.08. The fourth-order valence-corrected chi connectivity index (χ4v) is 2.82. The monoisotopic (exact) mass is 283 g/mol. The van der Waals surface area contributed by atoms with Gasteiger partial charge < -0.3 is 20.3 Å². The lowest BCUT2D eigenvalue weighted by Gasteiger charge is -2.39. The third kappa shape index (κ3) is 3.12. The molecule has 0 spiro atoms. The van der Waals surface area contributed by atoms with Crippen LogP contribution in [0.25, 0.3) is 0 Å². The summed E-state index contributed by atoms with van der Waals surface area (Å²) in [5.41, 5.74) is -0.527. The number of carbonyl (C=O) groups is 2. The van der Waals surface area contributed by atoms with Gasteiger partial charge in [-0.2, -0.15) is 0 Å². The molecule has 114 valence electrons. The van der Waals surface area contributed by atoms with Gasteiger partial charge in [0, 0.05) is 13.1 Å². The smallest absolute Gasteiger partial charge is 0.245 e. The van der Waals surface area contributed by atoms with Crippen LogP contribution in [-0.2, 0) is 14.3 Å². The van der Waals surface area contributed by atoms with E-state index in [0.29, 0.717) is 19.7 Å². The number of hydrogen-bond acceptors (Lipinski definition) is 4. The second-order valence-corrected chi connectivity index (χ2v) is 5.74. The van der Waals surface area contributed by atoms with Crippen LogP contribution < -0.4 is 10.6 Å². The van der Waals surface area contributed by atoms with Gasteiger partial charge in [-0.1, -0.05) is 6.92 Å². The lowest BCUT2D eigenvalue weighted by molar-refractivity contribution is -0.152. The van der Waals surface area contributed by atoms with Gasteiger partial charge in [0.05, 0.1) is 18.8 Å². The molecule has 2 saturated heterocycles. The fourth-order valence-electron chi connectivity index (χ4n) is 2.82.